The molecule has 0 amide bonds. The van der Waals surface area contributed by atoms with Gasteiger partial charge in [0.05, 0.1) is 4.92 Å². The molecule has 0 aliphatic carbocycles. The van der Waals surface area contributed by atoms with Gasteiger partial charge in [0.15, 0.2) is 0 Å². The lowest BCUT2D eigenvalue weighted by molar-refractivity contribution is -0.385. The molecule has 0 aliphatic heterocycles. The van der Waals surface area contributed by atoms with Crippen LogP contribution in [0.3, 0.4) is 0 Å². The van der Waals surface area contributed by atoms with Crippen LogP contribution >= 0.6 is 23.7 Å². The number of halogens is 1. The van der Waals surface area contributed by atoms with Crippen molar-refractivity contribution in [1.82, 2.24) is 5.09 Å². The molecule has 9 nitrogen and oxygen atoms in total. The number of benzene rings is 4. The standard InChI is InChI=1S/C26H22BrN2O7P/c1-18(26(30)34-17-19-8-3-2-4-9-19)28-37(33,36-25-15-14-21(27)16-23(25)29(31)32)35-24-13-7-11-20-10-5-6-12-22(20)24/h2-16,18H,17H2,1H3,(H,28,33)/t18-,37?/m0/s1. The van der Waals surface area contributed by atoms with Crippen LogP contribution in [0.2, 0.25) is 0 Å². The summed E-state index contributed by atoms with van der Waals surface area (Å²) in [6.45, 7) is 1.45. The maximum atomic E-state index is 14.0. The molecule has 0 radical (unpaired) electrons. The van der Waals surface area contributed by atoms with Gasteiger partial charge in [-0.3, -0.25) is 14.9 Å². The van der Waals surface area contributed by atoms with Crippen molar-refractivity contribution in [2.24, 2.45) is 0 Å². The molecule has 1 N–H and O–H groups in total. The lowest BCUT2D eigenvalue weighted by Gasteiger charge is -2.23. The van der Waals surface area contributed by atoms with Gasteiger partial charge in [-0.05, 0) is 36.1 Å². The first-order valence-electron chi connectivity index (χ1n) is 11.1. The van der Waals surface area contributed by atoms with Gasteiger partial charge in [-0.15, -0.1) is 0 Å². The molecule has 1 unspecified atom stereocenters. The molecule has 0 bridgehead atoms. The maximum Gasteiger partial charge on any atom is 0.513 e. The Bertz CT molecular complexity index is 1480. The van der Waals surface area contributed by atoms with Gasteiger partial charge in [-0.1, -0.05) is 82.7 Å². The zero-order valence-corrected chi connectivity index (χ0v) is 22.1. The van der Waals surface area contributed by atoms with Crippen molar-refractivity contribution >= 4 is 46.1 Å². The molecule has 0 heterocycles. The van der Waals surface area contributed by atoms with E-state index in [4.69, 9.17) is 13.8 Å². The van der Waals surface area contributed by atoms with Crippen LogP contribution in [0.5, 0.6) is 11.5 Å². The molecule has 4 rings (SSSR count). The molecule has 0 spiro atoms. The van der Waals surface area contributed by atoms with Crippen molar-refractivity contribution in [2.75, 3.05) is 0 Å². The van der Waals surface area contributed by atoms with Gasteiger partial charge in [0, 0.05) is 15.9 Å². The summed E-state index contributed by atoms with van der Waals surface area (Å²) >= 11 is 3.18. The first-order chi connectivity index (χ1) is 17.7. The number of nitro benzene ring substituents is 1. The molecule has 37 heavy (non-hydrogen) atoms. The molecular formula is C26H22BrN2O7P. The van der Waals surface area contributed by atoms with E-state index in [1.807, 2.05) is 36.4 Å². The maximum absolute atomic E-state index is 14.0. The van der Waals surface area contributed by atoms with Gasteiger partial charge in [-0.2, -0.15) is 5.09 Å². The highest BCUT2D eigenvalue weighted by Gasteiger charge is 2.36. The summed E-state index contributed by atoms with van der Waals surface area (Å²) in [7, 11) is -4.43. The topological polar surface area (TPSA) is 117 Å². The van der Waals surface area contributed by atoms with E-state index in [2.05, 4.69) is 21.0 Å². The Labute approximate surface area is 221 Å². The third-order valence-electron chi connectivity index (χ3n) is 5.23. The number of nitrogens with one attached hydrogen (secondary N) is 1. The fourth-order valence-corrected chi connectivity index (χ4v) is 5.36. The minimum absolute atomic E-state index is 0.0131. The summed E-state index contributed by atoms with van der Waals surface area (Å²) < 4.78 is 31.3. The van der Waals surface area contributed by atoms with Crippen molar-refractivity contribution in [3.05, 3.63) is 111 Å². The smallest absolute Gasteiger partial charge is 0.460 e. The molecular weight excluding hydrogens is 563 g/mol. The second-order valence-corrected chi connectivity index (χ2v) is 10.5. The molecule has 2 atom stereocenters. The van der Waals surface area contributed by atoms with Gasteiger partial charge < -0.3 is 13.8 Å². The van der Waals surface area contributed by atoms with Gasteiger partial charge >= 0.3 is 19.4 Å². The van der Waals surface area contributed by atoms with Crippen LogP contribution < -0.4 is 14.1 Å². The highest BCUT2D eigenvalue weighted by atomic mass is 79.9. The van der Waals surface area contributed by atoms with Gasteiger partial charge in [0.2, 0.25) is 5.75 Å². The summed E-state index contributed by atoms with van der Waals surface area (Å²) in [6, 6.07) is 24.4. The zero-order chi connectivity index (χ0) is 26.4. The quantitative estimate of drug-likeness (QED) is 0.0935. The van der Waals surface area contributed by atoms with Crippen LogP contribution in [-0.4, -0.2) is 16.9 Å². The molecule has 0 aromatic heterocycles. The van der Waals surface area contributed by atoms with Gasteiger partial charge in [0.25, 0.3) is 0 Å². The van der Waals surface area contributed by atoms with E-state index in [-0.39, 0.29) is 18.1 Å². The number of ether oxygens (including phenoxy) is 1. The number of hydrogen-bond acceptors (Lipinski definition) is 7. The monoisotopic (exact) mass is 584 g/mol. The Morgan fingerprint density at radius 2 is 1.65 bits per heavy atom. The molecule has 0 saturated heterocycles. The number of carbonyl (C=O) groups is 1. The largest absolute Gasteiger partial charge is 0.513 e. The van der Waals surface area contributed by atoms with Gasteiger partial charge in [-0.25, -0.2) is 4.57 Å². The van der Waals surface area contributed by atoms with Crippen LogP contribution in [0, 0.1) is 10.1 Å². The van der Waals surface area contributed by atoms with E-state index in [1.54, 1.807) is 36.4 Å². The third kappa shape index (κ3) is 6.74. The van der Waals surface area contributed by atoms with E-state index in [9.17, 15) is 19.5 Å². The SMILES string of the molecule is C[C@H](NP(=O)(Oc1ccc(Br)cc1[N+](=O)[O-])Oc1cccc2ccccc12)C(=O)OCc1ccccc1. The van der Waals surface area contributed by atoms with Crippen LogP contribution in [0.15, 0.2) is 95.5 Å². The average molecular weight is 585 g/mol. The lowest BCUT2D eigenvalue weighted by atomic mass is 10.1. The predicted octanol–water partition coefficient (Wildman–Crippen LogP) is 6.80. The summed E-state index contributed by atoms with van der Waals surface area (Å²) in [5.74, 6) is -0.799. The lowest BCUT2D eigenvalue weighted by Crippen LogP contribution is -2.35. The van der Waals surface area contributed by atoms with Crippen LogP contribution in [0.25, 0.3) is 10.8 Å². The van der Waals surface area contributed by atoms with E-state index in [1.165, 1.54) is 25.1 Å². The van der Waals surface area contributed by atoms with Crippen molar-refractivity contribution in [3.63, 3.8) is 0 Å². The summed E-state index contributed by atoms with van der Waals surface area (Å²) in [4.78, 5) is 23.7. The summed E-state index contributed by atoms with van der Waals surface area (Å²) in [5.41, 5.74) is 0.345. The number of fused-ring (bicyclic) bond motifs is 1. The minimum Gasteiger partial charge on any atom is -0.460 e. The Hall–Kier alpha value is -3.72. The molecule has 190 valence electrons. The first-order valence-corrected chi connectivity index (χ1v) is 13.5. The van der Waals surface area contributed by atoms with Crippen LogP contribution in [0.1, 0.15) is 12.5 Å². The molecule has 4 aromatic rings. The van der Waals surface area contributed by atoms with Crippen molar-refractivity contribution in [1.29, 1.82) is 0 Å². The average Bonchev–Trinajstić information content (AvgIpc) is 2.89. The minimum atomic E-state index is -4.43. The molecule has 0 aliphatic rings. The second-order valence-electron chi connectivity index (χ2n) is 7.97. The van der Waals surface area contributed by atoms with Crippen LogP contribution in [-0.2, 0) is 20.7 Å². The number of nitrogens with zero attached hydrogens (tertiary/aromatic N) is 1. The van der Waals surface area contributed by atoms with E-state index >= 15 is 0 Å². The first kappa shape index (κ1) is 26.3. The number of nitro groups is 1. The van der Waals surface area contributed by atoms with Gasteiger partial charge in [0.1, 0.15) is 18.4 Å². The predicted molar refractivity (Wildman–Crippen MR) is 142 cm³/mol. The number of hydrogen-bond donors (Lipinski definition) is 1. The summed E-state index contributed by atoms with van der Waals surface area (Å²) in [6.07, 6.45) is 0. The fraction of sp³-hybridized carbons (Fsp3) is 0.115. The number of carbonyl (C=O) groups excluding carboxylic acids is 1. The molecule has 0 saturated carbocycles. The van der Waals surface area contributed by atoms with E-state index < -0.39 is 30.4 Å². The second kappa shape index (κ2) is 11.6. The normalized spacial score (nSPS) is 13.4. The highest BCUT2D eigenvalue weighted by Crippen LogP contribution is 2.49. The summed E-state index contributed by atoms with van der Waals surface area (Å²) in [5, 5.41) is 15.7. The Morgan fingerprint density at radius 1 is 0.973 bits per heavy atom. The molecule has 4 aromatic carbocycles. The number of rotatable bonds is 10. The Morgan fingerprint density at radius 3 is 2.41 bits per heavy atom. The van der Waals surface area contributed by atoms with Crippen molar-refractivity contribution in [2.45, 2.75) is 19.6 Å². The van der Waals surface area contributed by atoms with E-state index in [0.717, 1.165) is 10.9 Å². The third-order valence-corrected chi connectivity index (χ3v) is 7.30. The van der Waals surface area contributed by atoms with Crippen molar-refractivity contribution in [3.8, 4) is 11.5 Å². The fourth-order valence-electron chi connectivity index (χ4n) is 3.46. The highest BCUT2D eigenvalue weighted by molar-refractivity contribution is 9.10. The zero-order valence-electron chi connectivity index (χ0n) is 19.6. The number of esters is 1. The Balaban J connectivity index is 1.63. The molecule has 11 heteroatoms. The van der Waals surface area contributed by atoms with Crippen molar-refractivity contribution < 1.29 is 28.1 Å². The van der Waals surface area contributed by atoms with Crippen LogP contribution in [0.4, 0.5) is 5.69 Å². The molecule has 0 fully saturated rings. The van der Waals surface area contributed by atoms with E-state index in [0.29, 0.717) is 9.86 Å². The Kier molecular flexibility index (Phi) is 8.23.